The summed E-state index contributed by atoms with van der Waals surface area (Å²) in [6.45, 7) is 5.54. The highest BCUT2D eigenvalue weighted by Gasteiger charge is 1.99. The molecule has 1 aromatic heterocycles. The van der Waals surface area contributed by atoms with Gasteiger partial charge in [-0.3, -0.25) is 4.68 Å². The fourth-order valence-electron chi connectivity index (χ4n) is 0.722. The van der Waals surface area contributed by atoms with Crippen LogP contribution in [-0.2, 0) is 7.05 Å². The lowest BCUT2D eigenvalue weighted by molar-refractivity contribution is 0.270. The molecule has 0 aliphatic heterocycles. The van der Waals surface area contributed by atoms with Gasteiger partial charge in [-0.15, -0.1) is 0 Å². The van der Waals surface area contributed by atoms with Crippen LogP contribution in [0.2, 0.25) is 0 Å². The summed E-state index contributed by atoms with van der Waals surface area (Å²) in [7, 11) is 1.85. The van der Waals surface area contributed by atoms with Crippen molar-refractivity contribution in [2.24, 2.45) is 7.05 Å². The van der Waals surface area contributed by atoms with Crippen LogP contribution in [-0.4, -0.2) is 15.9 Å². The van der Waals surface area contributed by atoms with Crippen LogP contribution in [0.3, 0.4) is 0 Å². The summed E-state index contributed by atoms with van der Waals surface area (Å²) in [5.41, 5.74) is 0. The van der Waals surface area contributed by atoms with Gasteiger partial charge in [0.25, 0.3) is 0 Å². The SMILES string of the molecule is C=CC(C)Oc1cnn(C)c1. The predicted octanol–water partition coefficient (Wildman–Crippen LogP) is 1.37. The zero-order valence-corrected chi connectivity index (χ0v) is 6.82. The molecule has 1 atom stereocenters. The van der Waals surface area contributed by atoms with Crippen LogP contribution in [0.4, 0.5) is 0 Å². The molecular formula is C8H12N2O. The van der Waals surface area contributed by atoms with E-state index in [9.17, 15) is 0 Å². The van der Waals surface area contributed by atoms with Crippen molar-refractivity contribution in [1.29, 1.82) is 0 Å². The Morgan fingerprint density at radius 1 is 1.82 bits per heavy atom. The molecule has 1 aromatic rings. The van der Waals surface area contributed by atoms with Gasteiger partial charge in [0.2, 0.25) is 0 Å². The molecule has 0 N–H and O–H groups in total. The molecule has 3 nitrogen and oxygen atoms in total. The fraction of sp³-hybridized carbons (Fsp3) is 0.375. The Labute approximate surface area is 66.3 Å². The first-order valence-corrected chi connectivity index (χ1v) is 3.50. The Morgan fingerprint density at radius 2 is 2.55 bits per heavy atom. The fourth-order valence-corrected chi connectivity index (χ4v) is 0.722. The van der Waals surface area contributed by atoms with Crippen molar-refractivity contribution in [3.63, 3.8) is 0 Å². The quantitative estimate of drug-likeness (QED) is 0.612. The van der Waals surface area contributed by atoms with Gasteiger partial charge in [0, 0.05) is 7.05 Å². The monoisotopic (exact) mass is 152 g/mol. The van der Waals surface area contributed by atoms with E-state index >= 15 is 0 Å². The molecule has 0 amide bonds. The molecule has 0 fully saturated rings. The molecule has 60 valence electrons. The molecule has 0 radical (unpaired) electrons. The minimum Gasteiger partial charge on any atom is -0.483 e. The Hall–Kier alpha value is -1.25. The van der Waals surface area contributed by atoms with Crippen LogP contribution < -0.4 is 4.74 Å². The Bertz CT molecular complexity index is 242. The third-order valence-corrected chi connectivity index (χ3v) is 1.34. The molecule has 1 rings (SSSR count). The van der Waals surface area contributed by atoms with Crippen LogP contribution in [0.1, 0.15) is 6.92 Å². The summed E-state index contributed by atoms with van der Waals surface area (Å²) in [5, 5.41) is 3.96. The van der Waals surface area contributed by atoms with Gasteiger partial charge >= 0.3 is 0 Å². The molecule has 0 bridgehead atoms. The Kier molecular flexibility index (Phi) is 2.31. The van der Waals surface area contributed by atoms with E-state index in [1.54, 1.807) is 17.0 Å². The third kappa shape index (κ3) is 2.11. The van der Waals surface area contributed by atoms with Gasteiger partial charge in [0.05, 0.1) is 12.4 Å². The molecule has 0 spiro atoms. The highest BCUT2D eigenvalue weighted by molar-refractivity contribution is 5.12. The Morgan fingerprint density at radius 3 is 3.00 bits per heavy atom. The second-order valence-corrected chi connectivity index (χ2v) is 2.41. The average Bonchev–Trinajstić information content (AvgIpc) is 2.35. The lowest BCUT2D eigenvalue weighted by atomic mass is 10.4. The number of rotatable bonds is 3. The molecule has 11 heavy (non-hydrogen) atoms. The highest BCUT2D eigenvalue weighted by Crippen LogP contribution is 2.09. The molecule has 0 aromatic carbocycles. The molecule has 0 saturated carbocycles. The zero-order valence-electron chi connectivity index (χ0n) is 6.82. The maximum atomic E-state index is 5.38. The molecular weight excluding hydrogens is 140 g/mol. The lowest BCUT2D eigenvalue weighted by Crippen LogP contribution is -2.06. The van der Waals surface area contributed by atoms with Crippen LogP contribution in [0.15, 0.2) is 25.0 Å². The van der Waals surface area contributed by atoms with Crippen molar-refractivity contribution in [2.45, 2.75) is 13.0 Å². The minimum absolute atomic E-state index is 0.0409. The van der Waals surface area contributed by atoms with E-state index in [2.05, 4.69) is 11.7 Å². The summed E-state index contributed by atoms with van der Waals surface area (Å²) in [4.78, 5) is 0. The van der Waals surface area contributed by atoms with E-state index in [4.69, 9.17) is 4.74 Å². The van der Waals surface area contributed by atoms with Crippen LogP contribution >= 0.6 is 0 Å². The third-order valence-electron chi connectivity index (χ3n) is 1.34. The van der Waals surface area contributed by atoms with Gasteiger partial charge in [0.1, 0.15) is 6.10 Å². The standard InChI is InChI=1S/C8H12N2O/c1-4-7(2)11-8-5-9-10(3)6-8/h4-7H,1H2,2-3H3. The van der Waals surface area contributed by atoms with Crippen molar-refractivity contribution in [3.8, 4) is 5.75 Å². The smallest absolute Gasteiger partial charge is 0.158 e. The first-order valence-electron chi connectivity index (χ1n) is 3.50. The number of hydrogen-bond donors (Lipinski definition) is 0. The van der Waals surface area contributed by atoms with Gasteiger partial charge in [-0.1, -0.05) is 12.7 Å². The largest absolute Gasteiger partial charge is 0.483 e. The number of hydrogen-bond acceptors (Lipinski definition) is 2. The van der Waals surface area contributed by atoms with E-state index in [0.717, 1.165) is 5.75 Å². The molecule has 0 aliphatic carbocycles. The van der Waals surface area contributed by atoms with Crippen LogP contribution in [0.5, 0.6) is 5.75 Å². The second kappa shape index (κ2) is 3.23. The van der Waals surface area contributed by atoms with E-state index in [1.165, 1.54) is 0 Å². The van der Waals surface area contributed by atoms with Crippen LogP contribution in [0.25, 0.3) is 0 Å². The summed E-state index contributed by atoms with van der Waals surface area (Å²) >= 11 is 0. The second-order valence-electron chi connectivity index (χ2n) is 2.41. The zero-order chi connectivity index (χ0) is 8.27. The Balaban J connectivity index is 2.57. The van der Waals surface area contributed by atoms with Gasteiger partial charge in [-0.2, -0.15) is 5.10 Å². The minimum atomic E-state index is 0.0409. The lowest BCUT2D eigenvalue weighted by Gasteiger charge is -2.06. The average molecular weight is 152 g/mol. The van der Waals surface area contributed by atoms with Crippen molar-refractivity contribution >= 4 is 0 Å². The normalized spacial score (nSPS) is 12.5. The predicted molar refractivity (Wildman–Crippen MR) is 43.5 cm³/mol. The molecule has 0 saturated heterocycles. The van der Waals surface area contributed by atoms with Gasteiger partial charge in [-0.05, 0) is 6.92 Å². The van der Waals surface area contributed by atoms with Crippen molar-refractivity contribution < 1.29 is 4.74 Å². The summed E-state index contributed by atoms with van der Waals surface area (Å²) < 4.78 is 7.08. The van der Waals surface area contributed by atoms with Gasteiger partial charge in [-0.25, -0.2) is 0 Å². The number of ether oxygens (including phenoxy) is 1. The van der Waals surface area contributed by atoms with E-state index in [-0.39, 0.29) is 6.10 Å². The first-order chi connectivity index (χ1) is 5.22. The summed E-state index contributed by atoms with van der Waals surface area (Å²) in [5.74, 6) is 0.778. The van der Waals surface area contributed by atoms with Crippen molar-refractivity contribution in [3.05, 3.63) is 25.0 Å². The molecule has 1 unspecified atom stereocenters. The summed E-state index contributed by atoms with van der Waals surface area (Å²) in [6.07, 6.45) is 5.28. The van der Waals surface area contributed by atoms with Crippen LogP contribution in [0, 0.1) is 0 Å². The topological polar surface area (TPSA) is 27.1 Å². The van der Waals surface area contributed by atoms with E-state index in [0.29, 0.717) is 0 Å². The van der Waals surface area contributed by atoms with Crippen molar-refractivity contribution in [1.82, 2.24) is 9.78 Å². The number of aromatic nitrogens is 2. The van der Waals surface area contributed by atoms with Gasteiger partial charge in [0.15, 0.2) is 5.75 Å². The maximum Gasteiger partial charge on any atom is 0.158 e. The molecule has 1 heterocycles. The maximum absolute atomic E-state index is 5.38. The van der Waals surface area contributed by atoms with E-state index in [1.807, 2.05) is 20.2 Å². The first kappa shape index (κ1) is 7.85. The number of nitrogens with zero attached hydrogens (tertiary/aromatic N) is 2. The van der Waals surface area contributed by atoms with Crippen molar-refractivity contribution in [2.75, 3.05) is 0 Å². The molecule has 0 aliphatic rings. The highest BCUT2D eigenvalue weighted by atomic mass is 16.5. The van der Waals surface area contributed by atoms with E-state index < -0.39 is 0 Å². The number of aryl methyl sites for hydroxylation is 1. The van der Waals surface area contributed by atoms with Gasteiger partial charge < -0.3 is 4.74 Å². The molecule has 3 heteroatoms. The summed E-state index contributed by atoms with van der Waals surface area (Å²) in [6, 6.07) is 0.